The predicted octanol–water partition coefficient (Wildman–Crippen LogP) is 4.55. The van der Waals surface area contributed by atoms with Gasteiger partial charge in [0, 0.05) is 10.6 Å². The summed E-state index contributed by atoms with van der Waals surface area (Å²) in [7, 11) is 0. The molecular formula is C14H16N2S2. The normalized spacial score (nSPS) is 10.8. The number of aromatic amines is 1. The van der Waals surface area contributed by atoms with Gasteiger partial charge in [0.2, 0.25) is 0 Å². The molecule has 2 aromatic rings. The first-order chi connectivity index (χ1) is 8.65. The molecule has 0 bridgehead atoms. The molecule has 0 saturated heterocycles. The minimum Gasteiger partial charge on any atom is -0.346 e. The number of hydrogen-bond donors (Lipinski definition) is 1. The number of thioether (sulfide) groups is 1. The summed E-state index contributed by atoms with van der Waals surface area (Å²) >= 11 is 6.96. The average molecular weight is 276 g/mol. The van der Waals surface area contributed by atoms with Gasteiger partial charge in [0.25, 0.3) is 0 Å². The van der Waals surface area contributed by atoms with E-state index < -0.39 is 0 Å². The molecule has 0 unspecified atom stereocenters. The van der Waals surface area contributed by atoms with Gasteiger partial charge in [-0.25, -0.2) is 4.98 Å². The molecule has 1 N–H and O–H groups in total. The molecule has 2 rings (SSSR count). The molecule has 0 amide bonds. The second-order valence-electron chi connectivity index (χ2n) is 4.38. The molecule has 1 heterocycles. The minimum absolute atomic E-state index is 0.440. The molecule has 2 nitrogen and oxygen atoms in total. The van der Waals surface area contributed by atoms with Crippen LogP contribution < -0.4 is 0 Å². The SMILES string of the molecule is CC(C)c1cc(=S)nc(CSc2ccccc2)[nH]1. The molecule has 0 aliphatic rings. The van der Waals surface area contributed by atoms with Gasteiger partial charge in [-0.2, -0.15) is 0 Å². The molecule has 0 radical (unpaired) electrons. The molecule has 0 aliphatic heterocycles. The number of benzene rings is 1. The smallest absolute Gasteiger partial charge is 0.130 e. The van der Waals surface area contributed by atoms with Crippen molar-refractivity contribution < 1.29 is 0 Å². The van der Waals surface area contributed by atoms with E-state index in [9.17, 15) is 0 Å². The third kappa shape index (κ3) is 3.68. The summed E-state index contributed by atoms with van der Waals surface area (Å²) in [6.45, 7) is 4.30. The van der Waals surface area contributed by atoms with Crippen LogP contribution in [-0.4, -0.2) is 9.97 Å². The zero-order chi connectivity index (χ0) is 13.0. The number of aromatic nitrogens is 2. The second kappa shape index (κ2) is 6.16. The summed E-state index contributed by atoms with van der Waals surface area (Å²) in [5.74, 6) is 2.20. The van der Waals surface area contributed by atoms with Gasteiger partial charge in [0.1, 0.15) is 10.5 Å². The second-order valence-corrected chi connectivity index (χ2v) is 5.84. The number of hydrogen-bond acceptors (Lipinski definition) is 3. The summed E-state index contributed by atoms with van der Waals surface area (Å²) in [5.41, 5.74) is 1.15. The van der Waals surface area contributed by atoms with Gasteiger partial charge in [-0.15, -0.1) is 11.8 Å². The van der Waals surface area contributed by atoms with Crippen molar-refractivity contribution in [2.75, 3.05) is 0 Å². The Labute approximate surface area is 117 Å². The van der Waals surface area contributed by atoms with Gasteiger partial charge in [0.15, 0.2) is 0 Å². The first-order valence-corrected chi connectivity index (χ1v) is 7.32. The molecule has 1 aromatic carbocycles. The van der Waals surface area contributed by atoms with E-state index in [1.54, 1.807) is 11.8 Å². The maximum atomic E-state index is 5.20. The highest BCUT2D eigenvalue weighted by molar-refractivity contribution is 7.98. The van der Waals surface area contributed by atoms with Crippen LogP contribution in [0.5, 0.6) is 0 Å². The highest BCUT2D eigenvalue weighted by Crippen LogP contribution is 2.21. The maximum Gasteiger partial charge on any atom is 0.130 e. The Morgan fingerprint density at radius 2 is 2.00 bits per heavy atom. The Balaban J connectivity index is 2.12. The molecule has 94 valence electrons. The fraction of sp³-hybridized carbons (Fsp3) is 0.286. The zero-order valence-corrected chi connectivity index (χ0v) is 12.1. The van der Waals surface area contributed by atoms with Crippen molar-refractivity contribution in [3.8, 4) is 0 Å². The number of nitrogens with one attached hydrogen (secondary N) is 1. The Morgan fingerprint density at radius 1 is 1.28 bits per heavy atom. The van der Waals surface area contributed by atoms with E-state index >= 15 is 0 Å². The van der Waals surface area contributed by atoms with Crippen LogP contribution >= 0.6 is 24.0 Å². The third-order valence-electron chi connectivity index (χ3n) is 2.55. The summed E-state index contributed by atoms with van der Waals surface area (Å²) in [4.78, 5) is 8.97. The van der Waals surface area contributed by atoms with Crippen molar-refractivity contribution in [2.45, 2.75) is 30.4 Å². The van der Waals surface area contributed by atoms with Gasteiger partial charge >= 0.3 is 0 Å². The Hall–Kier alpha value is -1.13. The predicted molar refractivity (Wildman–Crippen MR) is 79.5 cm³/mol. The first kappa shape index (κ1) is 13.3. The van der Waals surface area contributed by atoms with Crippen LogP contribution in [0.15, 0.2) is 41.3 Å². The van der Waals surface area contributed by atoms with Crippen LogP contribution in [0.3, 0.4) is 0 Å². The fourth-order valence-corrected chi connectivity index (χ4v) is 2.60. The Bertz CT molecular complexity index is 562. The summed E-state index contributed by atoms with van der Waals surface area (Å²) in [6.07, 6.45) is 0. The lowest BCUT2D eigenvalue weighted by molar-refractivity contribution is 0.797. The number of rotatable bonds is 4. The standard InChI is InChI=1S/C14H16N2S2/c1-10(2)12-8-14(17)16-13(15-12)9-18-11-6-4-3-5-7-11/h3-8,10H,9H2,1-2H3,(H,15,16,17). The quantitative estimate of drug-likeness (QED) is 0.656. The van der Waals surface area contributed by atoms with Gasteiger partial charge < -0.3 is 4.98 Å². The van der Waals surface area contributed by atoms with Crippen molar-refractivity contribution in [3.63, 3.8) is 0 Å². The van der Waals surface area contributed by atoms with E-state index in [1.807, 2.05) is 24.3 Å². The molecular weight excluding hydrogens is 260 g/mol. The van der Waals surface area contributed by atoms with Crippen molar-refractivity contribution in [3.05, 3.63) is 52.6 Å². The molecule has 1 aromatic heterocycles. The van der Waals surface area contributed by atoms with Crippen molar-refractivity contribution in [1.82, 2.24) is 9.97 Å². The van der Waals surface area contributed by atoms with Crippen LogP contribution in [-0.2, 0) is 5.75 Å². The van der Waals surface area contributed by atoms with Gasteiger partial charge in [-0.3, -0.25) is 0 Å². The van der Waals surface area contributed by atoms with Crippen molar-refractivity contribution in [2.24, 2.45) is 0 Å². The Morgan fingerprint density at radius 3 is 2.67 bits per heavy atom. The van der Waals surface area contributed by atoms with Crippen LogP contribution in [0.1, 0.15) is 31.3 Å². The largest absolute Gasteiger partial charge is 0.346 e. The van der Waals surface area contributed by atoms with Gasteiger partial charge in [0.05, 0.1) is 5.75 Å². The summed E-state index contributed by atoms with van der Waals surface area (Å²) in [5, 5.41) is 0. The summed E-state index contributed by atoms with van der Waals surface area (Å²) in [6, 6.07) is 12.3. The zero-order valence-electron chi connectivity index (χ0n) is 10.5. The van der Waals surface area contributed by atoms with Crippen LogP contribution in [0.2, 0.25) is 0 Å². The average Bonchev–Trinajstić information content (AvgIpc) is 2.37. The lowest BCUT2D eigenvalue weighted by Crippen LogP contribution is -2.00. The fourth-order valence-electron chi connectivity index (χ4n) is 1.58. The minimum atomic E-state index is 0.440. The van der Waals surface area contributed by atoms with Gasteiger partial charge in [-0.05, 0) is 24.1 Å². The lowest BCUT2D eigenvalue weighted by atomic mass is 10.1. The van der Waals surface area contributed by atoms with Gasteiger partial charge in [-0.1, -0.05) is 44.3 Å². The number of H-pyrrole nitrogens is 1. The Kier molecular flexibility index (Phi) is 4.55. The lowest BCUT2D eigenvalue weighted by Gasteiger charge is -2.08. The molecule has 0 atom stereocenters. The van der Waals surface area contributed by atoms with Crippen LogP contribution in [0.4, 0.5) is 0 Å². The highest BCUT2D eigenvalue weighted by atomic mass is 32.2. The molecule has 0 aliphatic carbocycles. The van der Waals surface area contributed by atoms with E-state index in [4.69, 9.17) is 12.2 Å². The molecule has 0 saturated carbocycles. The molecule has 0 fully saturated rings. The van der Waals surface area contributed by atoms with Crippen LogP contribution in [0, 0.1) is 4.64 Å². The van der Waals surface area contributed by atoms with Crippen molar-refractivity contribution >= 4 is 24.0 Å². The monoisotopic (exact) mass is 276 g/mol. The maximum absolute atomic E-state index is 5.20. The molecule has 0 spiro atoms. The summed E-state index contributed by atoms with van der Waals surface area (Å²) < 4.78 is 0.668. The van der Waals surface area contributed by atoms with Crippen molar-refractivity contribution in [1.29, 1.82) is 0 Å². The third-order valence-corrected chi connectivity index (χ3v) is 3.79. The molecule has 4 heteroatoms. The van der Waals surface area contributed by atoms with E-state index in [2.05, 4.69) is 35.9 Å². The van der Waals surface area contributed by atoms with E-state index in [0.717, 1.165) is 17.3 Å². The van der Waals surface area contributed by atoms with E-state index in [1.165, 1.54) is 4.90 Å². The van der Waals surface area contributed by atoms with E-state index in [0.29, 0.717) is 10.6 Å². The number of nitrogens with zero attached hydrogens (tertiary/aromatic N) is 1. The first-order valence-electron chi connectivity index (χ1n) is 5.93. The topological polar surface area (TPSA) is 28.7 Å². The van der Waals surface area contributed by atoms with E-state index in [-0.39, 0.29) is 0 Å². The highest BCUT2D eigenvalue weighted by Gasteiger charge is 2.03. The molecule has 18 heavy (non-hydrogen) atoms. The van der Waals surface area contributed by atoms with Crippen LogP contribution in [0.25, 0.3) is 0 Å².